The van der Waals surface area contributed by atoms with Gasteiger partial charge in [-0.25, -0.2) is 0 Å². The monoisotopic (exact) mass is 281 g/mol. The van der Waals surface area contributed by atoms with Crippen molar-refractivity contribution in [2.24, 2.45) is 0 Å². The molecule has 0 fully saturated rings. The Hall–Kier alpha value is -1.76. The molecule has 2 rings (SSSR count). The summed E-state index contributed by atoms with van der Waals surface area (Å²) < 4.78 is 0. The van der Waals surface area contributed by atoms with E-state index in [4.69, 9.17) is 0 Å². The lowest BCUT2D eigenvalue weighted by Crippen LogP contribution is -2.02. The number of rotatable bonds is 8. The van der Waals surface area contributed by atoms with Gasteiger partial charge in [-0.15, -0.1) is 0 Å². The molecule has 0 heterocycles. The first-order valence-corrected chi connectivity index (χ1v) is 8.23. The first kappa shape index (κ1) is 15.6. The van der Waals surface area contributed by atoms with E-state index in [2.05, 4.69) is 67.7 Å². The predicted molar refractivity (Wildman–Crippen MR) is 92.8 cm³/mol. The predicted octanol–water partition coefficient (Wildman–Crippen LogP) is 5.59. The van der Waals surface area contributed by atoms with E-state index in [9.17, 15) is 0 Å². The van der Waals surface area contributed by atoms with Crippen LogP contribution in [0.5, 0.6) is 0 Å². The molecule has 0 bridgehead atoms. The maximum atomic E-state index is 3.53. The zero-order valence-corrected chi connectivity index (χ0v) is 13.4. The molecule has 0 spiro atoms. The fraction of sp³-hybridized carbons (Fsp3) is 0.400. The van der Waals surface area contributed by atoms with Gasteiger partial charge in [0.1, 0.15) is 0 Å². The first-order valence-electron chi connectivity index (χ1n) is 8.23. The molecule has 0 aromatic heterocycles. The number of nitrogens with one attached hydrogen (secondary N) is 1. The zero-order valence-electron chi connectivity index (χ0n) is 13.4. The van der Waals surface area contributed by atoms with Crippen LogP contribution in [0.4, 0.5) is 5.69 Å². The average molecular weight is 281 g/mol. The molecule has 1 N–H and O–H groups in total. The number of benzene rings is 2. The van der Waals surface area contributed by atoms with Gasteiger partial charge in [-0.1, -0.05) is 63.1 Å². The number of aryl methyl sites for hydroxylation is 2. The summed E-state index contributed by atoms with van der Waals surface area (Å²) in [6.07, 6.45) is 6.21. The van der Waals surface area contributed by atoms with Crippen LogP contribution in [0.2, 0.25) is 0 Å². The Morgan fingerprint density at radius 1 is 0.810 bits per heavy atom. The second-order valence-electron chi connectivity index (χ2n) is 5.63. The second-order valence-corrected chi connectivity index (χ2v) is 5.63. The third-order valence-electron chi connectivity index (χ3n) is 4.01. The highest BCUT2D eigenvalue weighted by molar-refractivity contribution is 5.45. The Labute approximate surface area is 129 Å². The van der Waals surface area contributed by atoms with Gasteiger partial charge in [0, 0.05) is 12.2 Å². The zero-order chi connectivity index (χ0) is 14.9. The fourth-order valence-corrected chi connectivity index (χ4v) is 2.64. The molecule has 0 saturated carbocycles. The third kappa shape index (κ3) is 4.93. The van der Waals surface area contributed by atoms with Crippen molar-refractivity contribution in [1.29, 1.82) is 0 Å². The molecule has 0 aliphatic carbocycles. The van der Waals surface area contributed by atoms with Crippen LogP contribution in [0.3, 0.4) is 0 Å². The Kier molecular flexibility index (Phi) is 6.33. The lowest BCUT2D eigenvalue weighted by molar-refractivity contribution is 0.717. The molecule has 0 aliphatic heterocycles. The maximum absolute atomic E-state index is 3.53. The molecule has 0 radical (unpaired) electrons. The Morgan fingerprint density at radius 3 is 2.19 bits per heavy atom. The molecule has 21 heavy (non-hydrogen) atoms. The van der Waals surface area contributed by atoms with Crippen LogP contribution in [0, 0.1) is 0 Å². The smallest absolute Gasteiger partial charge is 0.0403 e. The second kappa shape index (κ2) is 8.51. The summed E-state index contributed by atoms with van der Waals surface area (Å²) in [4.78, 5) is 0. The molecule has 0 unspecified atom stereocenters. The van der Waals surface area contributed by atoms with Gasteiger partial charge in [0.25, 0.3) is 0 Å². The quantitative estimate of drug-likeness (QED) is 0.622. The van der Waals surface area contributed by atoms with E-state index >= 15 is 0 Å². The van der Waals surface area contributed by atoms with Crippen LogP contribution < -0.4 is 5.32 Å². The van der Waals surface area contributed by atoms with Crippen LogP contribution in [-0.2, 0) is 19.4 Å². The van der Waals surface area contributed by atoms with Crippen molar-refractivity contribution in [3.05, 3.63) is 65.2 Å². The largest absolute Gasteiger partial charge is 0.381 e. The van der Waals surface area contributed by atoms with Crippen molar-refractivity contribution in [3.8, 4) is 0 Å². The van der Waals surface area contributed by atoms with Gasteiger partial charge in [0.2, 0.25) is 0 Å². The summed E-state index contributed by atoms with van der Waals surface area (Å²) >= 11 is 0. The van der Waals surface area contributed by atoms with E-state index in [-0.39, 0.29) is 0 Å². The Balaban J connectivity index is 1.88. The van der Waals surface area contributed by atoms with Gasteiger partial charge in [-0.05, 0) is 48.1 Å². The van der Waals surface area contributed by atoms with Gasteiger partial charge in [0.05, 0.1) is 0 Å². The molecule has 0 saturated heterocycles. The van der Waals surface area contributed by atoms with E-state index in [0.29, 0.717) is 0 Å². The molecule has 0 atom stereocenters. The highest BCUT2D eigenvalue weighted by atomic mass is 14.9. The fourth-order valence-electron chi connectivity index (χ4n) is 2.64. The summed E-state index contributed by atoms with van der Waals surface area (Å²) in [5.41, 5.74) is 5.48. The van der Waals surface area contributed by atoms with Crippen molar-refractivity contribution in [2.75, 3.05) is 5.32 Å². The SMILES string of the molecule is CCCCCc1ccc(NCc2ccccc2CC)cc1. The molecule has 112 valence electrons. The van der Waals surface area contributed by atoms with E-state index in [1.54, 1.807) is 0 Å². The third-order valence-corrected chi connectivity index (χ3v) is 4.01. The topological polar surface area (TPSA) is 12.0 Å². The molecule has 2 aromatic carbocycles. The summed E-state index contributed by atoms with van der Waals surface area (Å²) in [7, 11) is 0. The first-order chi connectivity index (χ1) is 10.3. The Morgan fingerprint density at radius 2 is 1.52 bits per heavy atom. The number of hydrogen-bond acceptors (Lipinski definition) is 1. The average Bonchev–Trinajstić information content (AvgIpc) is 2.54. The molecule has 2 aromatic rings. The normalized spacial score (nSPS) is 10.6. The summed E-state index contributed by atoms with van der Waals surface area (Å²) in [5, 5.41) is 3.53. The van der Waals surface area contributed by atoms with Gasteiger partial charge >= 0.3 is 0 Å². The number of anilines is 1. The van der Waals surface area contributed by atoms with E-state index in [1.165, 1.54) is 48.1 Å². The maximum Gasteiger partial charge on any atom is 0.0403 e. The van der Waals surface area contributed by atoms with Crippen LogP contribution >= 0.6 is 0 Å². The van der Waals surface area contributed by atoms with E-state index < -0.39 is 0 Å². The van der Waals surface area contributed by atoms with Gasteiger partial charge in [-0.2, -0.15) is 0 Å². The standard InChI is InChI=1S/C20H27N/c1-3-5-6-9-17-12-14-20(15-13-17)21-16-19-11-8-7-10-18(19)4-2/h7-8,10-15,21H,3-6,9,16H2,1-2H3. The highest BCUT2D eigenvalue weighted by Gasteiger charge is 2.00. The molecule has 0 aliphatic rings. The summed E-state index contributed by atoms with van der Waals surface area (Å²) in [6, 6.07) is 17.6. The molecular weight excluding hydrogens is 254 g/mol. The van der Waals surface area contributed by atoms with E-state index in [1.807, 2.05) is 0 Å². The Bertz CT molecular complexity index is 528. The van der Waals surface area contributed by atoms with Crippen molar-refractivity contribution in [1.82, 2.24) is 0 Å². The highest BCUT2D eigenvalue weighted by Crippen LogP contribution is 2.15. The molecule has 1 heteroatoms. The minimum atomic E-state index is 0.902. The van der Waals surface area contributed by atoms with Gasteiger partial charge in [-0.3, -0.25) is 0 Å². The minimum Gasteiger partial charge on any atom is -0.381 e. The van der Waals surface area contributed by atoms with Crippen LogP contribution in [0.15, 0.2) is 48.5 Å². The summed E-state index contributed by atoms with van der Waals surface area (Å²) in [6.45, 7) is 5.37. The lowest BCUT2D eigenvalue weighted by atomic mass is 10.0. The number of unbranched alkanes of at least 4 members (excludes halogenated alkanes) is 2. The minimum absolute atomic E-state index is 0.902. The van der Waals surface area contributed by atoms with Crippen LogP contribution in [0.1, 0.15) is 49.8 Å². The van der Waals surface area contributed by atoms with Crippen molar-refractivity contribution in [3.63, 3.8) is 0 Å². The number of hydrogen-bond donors (Lipinski definition) is 1. The van der Waals surface area contributed by atoms with Crippen molar-refractivity contribution >= 4 is 5.69 Å². The van der Waals surface area contributed by atoms with Gasteiger partial charge < -0.3 is 5.32 Å². The molecule has 0 amide bonds. The van der Waals surface area contributed by atoms with Crippen LogP contribution in [-0.4, -0.2) is 0 Å². The van der Waals surface area contributed by atoms with Crippen LogP contribution in [0.25, 0.3) is 0 Å². The van der Waals surface area contributed by atoms with Crippen molar-refractivity contribution in [2.45, 2.75) is 52.5 Å². The van der Waals surface area contributed by atoms with E-state index in [0.717, 1.165) is 13.0 Å². The molecule has 1 nitrogen and oxygen atoms in total. The lowest BCUT2D eigenvalue weighted by Gasteiger charge is -2.11. The van der Waals surface area contributed by atoms with Gasteiger partial charge in [0.15, 0.2) is 0 Å². The molecular formula is C20H27N. The van der Waals surface area contributed by atoms with Crippen molar-refractivity contribution < 1.29 is 0 Å². The summed E-state index contributed by atoms with van der Waals surface area (Å²) in [5.74, 6) is 0.